The summed E-state index contributed by atoms with van der Waals surface area (Å²) in [6, 6.07) is 10.0. The summed E-state index contributed by atoms with van der Waals surface area (Å²) in [4.78, 5) is 0.917. The highest BCUT2D eigenvalue weighted by atomic mass is 79.9. The van der Waals surface area contributed by atoms with Gasteiger partial charge in [0.15, 0.2) is 0 Å². The van der Waals surface area contributed by atoms with Crippen LogP contribution in [0.4, 0.5) is 4.39 Å². The standard InChI is InChI=1S/C13H8BrCl2FS/c14-11-6-10(17)3-1-8(11)7-18-13-5-9(15)2-4-12(13)16/h1-6H,7H2. The van der Waals surface area contributed by atoms with Crippen molar-refractivity contribution >= 4 is 50.9 Å². The Labute approximate surface area is 128 Å². The summed E-state index contributed by atoms with van der Waals surface area (Å²) in [5.74, 6) is 0.442. The lowest BCUT2D eigenvalue weighted by molar-refractivity contribution is 0.626. The van der Waals surface area contributed by atoms with E-state index in [2.05, 4.69) is 15.9 Å². The van der Waals surface area contributed by atoms with Crippen LogP contribution in [0, 0.1) is 5.82 Å². The summed E-state index contributed by atoms with van der Waals surface area (Å²) in [6.45, 7) is 0. The Bertz CT molecular complexity index is 575. The van der Waals surface area contributed by atoms with Crippen LogP contribution in [0.15, 0.2) is 45.8 Å². The molecule has 0 aliphatic heterocycles. The number of benzene rings is 2. The average Bonchev–Trinajstić information content (AvgIpc) is 2.32. The van der Waals surface area contributed by atoms with E-state index in [1.165, 1.54) is 12.1 Å². The van der Waals surface area contributed by atoms with E-state index in [0.717, 1.165) is 14.9 Å². The van der Waals surface area contributed by atoms with E-state index in [1.54, 1.807) is 30.0 Å². The molecule has 0 unspecified atom stereocenters. The zero-order valence-electron chi connectivity index (χ0n) is 9.09. The van der Waals surface area contributed by atoms with E-state index in [1.807, 2.05) is 6.07 Å². The van der Waals surface area contributed by atoms with Gasteiger partial charge in [0.2, 0.25) is 0 Å². The quantitative estimate of drug-likeness (QED) is 0.584. The number of halogens is 4. The van der Waals surface area contributed by atoms with Gasteiger partial charge in [0.25, 0.3) is 0 Å². The summed E-state index contributed by atoms with van der Waals surface area (Å²) < 4.78 is 13.7. The van der Waals surface area contributed by atoms with Crippen LogP contribution in [-0.4, -0.2) is 0 Å². The fourth-order valence-corrected chi connectivity index (χ4v) is 3.56. The van der Waals surface area contributed by atoms with Gasteiger partial charge in [0, 0.05) is 20.1 Å². The molecule has 0 aliphatic carbocycles. The maximum atomic E-state index is 13.0. The van der Waals surface area contributed by atoms with E-state index in [9.17, 15) is 4.39 Å². The Hall–Kier alpha value is -0.220. The second-order valence-corrected chi connectivity index (χ2v) is 6.31. The SMILES string of the molecule is Fc1ccc(CSc2cc(Cl)ccc2Cl)c(Br)c1. The van der Waals surface area contributed by atoms with Gasteiger partial charge in [-0.1, -0.05) is 45.2 Å². The average molecular weight is 366 g/mol. The molecule has 0 bridgehead atoms. The summed E-state index contributed by atoms with van der Waals surface area (Å²) in [6.07, 6.45) is 0. The van der Waals surface area contributed by atoms with Crippen LogP contribution in [0.25, 0.3) is 0 Å². The summed E-state index contributed by atoms with van der Waals surface area (Å²) >= 11 is 16.9. The van der Waals surface area contributed by atoms with Gasteiger partial charge in [0.1, 0.15) is 5.82 Å². The molecule has 0 saturated heterocycles. The fraction of sp³-hybridized carbons (Fsp3) is 0.0769. The Morgan fingerprint density at radius 3 is 2.61 bits per heavy atom. The zero-order chi connectivity index (χ0) is 13.1. The first kappa shape index (κ1) is 14.2. The third-order valence-corrected chi connectivity index (χ3v) is 4.81. The third kappa shape index (κ3) is 3.64. The van der Waals surface area contributed by atoms with Crippen LogP contribution in [0.1, 0.15) is 5.56 Å². The molecule has 2 aromatic carbocycles. The van der Waals surface area contributed by atoms with Crippen molar-refractivity contribution in [2.45, 2.75) is 10.6 Å². The molecule has 2 rings (SSSR count). The molecule has 18 heavy (non-hydrogen) atoms. The van der Waals surface area contributed by atoms with Gasteiger partial charge in [-0.05, 0) is 35.9 Å². The van der Waals surface area contributed by atoms with E-state index in [0.29, 0.717) is 15.8 Å². The predicted molar refractivity (Wildman–Crippen MR) is 80.1 cm³/mol. The number of thioether (sulfide) groups is 1. The minimum Gasteiger partial charge on any atom is -0.207 e. The molecule has 5 heteroatoms. The molecule has 0 aromatic heterocycles. The van der Waals surface area contributed by atoms with E-state index < -0.39 is 0 Å². The smallest absolute Gasteiger partial charge is 0.124 e. The lowest BCUT2D eigenvalue weighted by Crippen LogP contribution is -1.85. The number of hydrogen-bond donors (Lipinski definition) is 0. The van der Waals surface area contributed by atoms with Crippen LogP contribution >= 0.6 is 50.9 Å². The zero-order valence-corrected chi connectivity index (χ0v) is 13.0. The van der Waals surface area contributed by atoms with E-state index >= 15 is 0 Å². The third-order valence-electron chi connectivity index (χ3n) is 2.29. The second kappa shape index (κ2) is 6.29. The molecule has 0 nitrogen and oxygen atoms in total. The monoisotopic (exact) mass is 364 g/mol. The summed E-state index contributed by atoms with van der Waals surface area (Å²) in [5.41, 5.74) is 1.01. The number of hydrogen-bond acceptors (Lipinski definition) is 1. The molecule has 0 heterocycles. The highest BCUT2D eigenvalue weighted by Gasteiger charge is 2.06. The first-order valence-corrected chi connectivity index (χ1v) is 7.61. The first-order chi connectivity index (χ1) is 8.56. The van der Waals surface area contributed by atoms with Crippen LogP contribution in [0.2, 0.25) is 10.0 Å². The fourth-order valence-electron chi connectivity index (χ4n) is 1.38. The molecule has 0 atom stereocenters. The predicted octanol–water partition coefficient (Wildman–Crippen LogP) is 6.19. The van der Waals surface area contributed by atoms with Gasteiger partial charge >= 0.3 is 0 Å². The highest BCUT2D eigenvalue weighted by molar-refractivity contribution is 9.10. The van der Waals surface area contributed by atoms with Crippen molar-refractivity contribution in [1.82, 2.24) is 0 Å². The summed E-state index contributed by atoms with van der Waals surface area (Å²) in [7, 11) is 0. The van der Waals surface area contributed by atoms with Crippen LogP contribution in [0.5, 0.6) is 0 Å². The summed E-state index contributed by atoms with van der Waals surface area (Å²) in [5, 5.41) is 1.32. The molecular weight excluding hydrogens is 358 g/mol. The Morgan fingerprint density at radius 2 is 1.89 bits per heavy atom. The Kier molecular flexibility index (Phi) is 4.96. The largest absolute Gasteiger partial charge is 0.207 e. The highest BCUT2D eigenvalue weighted by Crippen LogP contribution is 2.33. The molecule has 0 fully saturated rings. The normalized spacial score (nSPS) is 10.7. The number of rotatable bonds is 3. The molecule has 0 radical (unpaired) electrons. The first-order valence-electron chi connectivity index (χ1n) is 5.08. The molecule has 0 aliphatic rings. The second-order valence-electron chi connectivity index (χ2n) is 3.60. The maximum absolute atomic E-state index is 13.0. The van der Waals surface area contributed by atoms with Crippen molar-refractivity contribution < 1.29 is 4.39 Å². The van der Waals surface area contributed by atoms with Gasteiger partial charge in [-0.2, -0.15) is 0 Å². The van der Waals surface area contributed by atoms with Gasteiger partial charge in [-0.25, -0.2) is 4.39 Å². The van der Waals surface area contributed by atoms with Gasteiger partial charge in [-0.3, -0.25) is 0 Å². The minimum atomic E-state index is -0.253. The van der Waals surface area contributed by atoms with Crippen molar-refractivity contribution in [3.63, 3.8) is 0 Å². The van der Waals surface area contributed by atoms with Crippen molar-refractivity contribution in [3.05, 3.63) is 62.3 Å². The molecule has 94 valence electrons. The van der Waals surface area contributed by atoms with Crippen LogP contribution in [-0.2, 0) is 5.75 Å². The molecule has 0 spiro atoms. The van der Waals surface area contributed by atoms with E-state index in [4.69, 9.17) is 23.2 Å². The molecule has 0 amide bonds. The van der Waals surface area contributed by atoms with E-state index in [-0.39, 0.29) is 5.82 Å². The molecule has 0 saturated carbocycles. The molecule has 0 N–H and O–H groups in total. The van der Waals surface area contributed by atoms with Crippen molar-refractivity contribution in [1.29, 1.82) is 0 Å². The Balaban J connectivity index is 2.13. The lowest BCUT2D eigenvalue weighted by atomic mass is 10.2. The molecular formula is C13H8BrCl2FS. The van der Waals surface area contributed by atoms with Crippen molar-refractivity contribution in [2.24, 2.45) is 0 Å². The van der Waals surface area contributed by atoms with Crippen LogP contribution in [0.3, 0.4) is 0 Å². The van der Waals surface area contributed by atoms with Crippen LogP contribution < -0.4 is 0 Å². The van der Waals surface area contributed by atoms with Crippen molar-refractivity contribution in [3.8, 4) is 0 Å². The van der Waals surface area contributed by atoms with Gasteiger partial charge < -0.3 is 0 Å². The minimum absolute atomic E-state index is 0.253. The topological polar surface area (TPSA) is 0 Å². The van der Waals surface area contributed by atoms with Crippen molar-refractivity contribution in [2.75, 3.05) is 0 Å². The van der Waals surface area contributed by atoms with Gasteiger partial charge in [0.05, 0.1) is 5.02 Å². The maximum Gasteiger partial charge on any atom is 0.124 e. The van der Waals surface area contributed by atoms with Gasteiger partial charge in [-0.15, -0.1) is 11.8 Å². The molecule has 2 aromatic rings. The Morgan fingerprint density at radius 1 is 1.11 bits per heavy atom. The lowest BCUT2D eigenvalue weighted by Gasteiger charge is -2.06.